The van der Waals surface area contributed by atoms with Crippen LogP contribution >= 0.6 is 0 Å². The van der Waals surface area contributed by atoms with Gasteiger partial charge in [-0.1, -0.05) is 18.2 Å². The third-order valence-electron chi connectivity index (χ3n) is 5.91. The van der Waals surface area contributed by atoms with Crippen molar-refractivity contribution >= 4 is 11.9 Å². The Labute approximate surface area is 186 Å². The summed E-state index contributed by atoms with van der Waals surface area (Å²) in [7, 11) is 2.81. The predicted octanol–water partition coefficient (Wildman–Crippen LogP) is 1.34. The zero-order valence-corrected chi connectivity index (χ0v) is 18.7. The average molecular weight is 444 g/mol. The summed E-state index contributed by atoms with van der Waals surface area (Å²) < 4.78 is 13.3. The van der Waals surface area contributed by atoms with Gasteiger partial charge in [-0.3, -0.25) is 23.5 Å². The van der Waals surface area contributed by atoms with Gasteiger partial charge in [-0.05, 0) is 38.3 Å². The molecule has 0 aliphatic carbocycles. The first-order chi connectivity index (χ1) is 15.3. The van der Waals surface area contributed by atoms with E-state index < -0.39 is 22.6 Å². The molecule has 1 aromatic heterocycles. The number of nitrogens with zero attached hydrogens (tertiary/aromatic N) is 3. The summed E-state index contributed by atoms with van der Waals surface area (Å²) in [4.78, 5) is 52.1. The number of piperidine rings is 1. The monoisotopic (exact) mass is 443 g/mol. The second-order valence-corrected chi connectivity index (χ2v) is 8.01. The van der Waals surface area contributed by atoms with E-state index in [1.807, 2.05) is 30.3 Å². The Kier molecular flexibility index (Phi) is 7.17. The number of amides is 1. The Hall–Kier alpha value is -3.36. The highest BCUT2D eigenvalue weighted by Gasteiger charge is 2.45. The minimum absolute atomic E-state index is 0.00158. The van der Waals surface area contributed by atoms with Gasteiger partial charge in [-0.2, -0.15) is 0 Å². The highest BCUT2D eigenvalue weighted by molar-refractivity contribution is 5.93. The molecule has 1 aromatic carbocycles. The smallest absolute Gasteiger partial charge is 0.331 e. The van der Waals surface area contributed by atoms with Gasteiger partial charge in [0.15, 0.2) is 0 Å². The summed E-state index contributed by atoms with van der Waals surface area (Å²) >= 11 is 0. The molecule has 3 rings (SSSR count). The Bertz CT molecular complexity index is 1090. The second kappa shape index (κ2) is 9.84. The van der Waals surface area contributed by atoms with Crippen molar-refractivity contribution in [3.63, 3.8) is 0 Å². The summed E-state index contributed by atoms with van der Waals surface area (Å²) in [6, 6.07) is 10.5. The highest BCUT2D eigenvalue weighted by Crippen LogP contribution is 2.36. The van der Waals surface area contributed by atoms with E-state index in [2.05, 4.69) is 0 Å². The van der Waals surface area contributed by atoms with Crippen molar-refractivity contribution < 1.29 is 19.1 Å². The van der Waals surface area contributed by atoms with Crippen molar-refractivity contribution in [3.8, 4) is 5.75 Å². The summed E-state index contributed by atoms with van der Waals surface area (Å²) in [6.45, 7) is 2.81. The van der Waals surface area contributed by atoms with Crippen LogP contribution in [0.3, 0.4) is 0 Å². The number of aromatic nitrogens is 2. The molecule has 0 unspecified atom stereocenters. The highest BCUT2D eigenvalue weighted by atomic mass is 16.5. The molecule has 1 saturated heterocycles. The van der Waals surface area contributed by atoms with E-state index in [1.54, 1.807) is 6.92 Å². The maximum Gasteiger partial charge on any atom is 0.331 e. The molecule has 1 fully saturated rings. The molecule has 2 aromatic rings. The molecule has 1 amide bonds. The molecule has 0 saturated carbocycles. The molecule has 0 bridgehead atoms. The van der Waals surface area contributed by atoms with E-state index in [4.69, 9.17) is 9.47 Å². The van der Waals surface area contributed by atoms with Gasteiger partial charge < -0.3 is 14.4 Å². The van der Waals surface area contributed by atoms with E-state index >= 15 is 0 Å². The second-order valence-electron chi connectivity index (χ2n) is 8.01. The first-order valence-corrected chi connectivity index (χ1v) is 10.7. The lowest BCUT2D eigenvalue weighted by Crippen LogP contribution is -2.52. The van der Waals surface area contributed by atoms with Crippen LogP contribution in [0.15, 0.2) is 46.0 Å². The maximum absolute atomic E-state index is 13.2. The van der Waals surface area contributed by atoms with Gasteiger partial charge in [0.1, 0.15) is 11.4 Å². The van der Waals surface area contributed by atoms with Crippen molar-refractivity contribution in [3.05, 3.63) is 62.9 Å². The summed E-state index contributed by atoms with van der Waals surface area (Å²) in [6.07, 6.45) is 1.53. The Morgan fingerprint density at radius 2 is 1.81 bits per heavy atom. The van der Waals surface area contributed by atoms with Gasteiger partial charge in [0.25, 0.3) is 11.5 Å². The van der Waals surface area contributed by atoms with Crippen molar-refractivity contribution in [2.75, 3.05) is 26.3 Å². The summed E-state index contributed by atoms with van der Waals surface area (Å²) in [5.74, 6) is -0.128. The average Bonchev–Trinajstić information content (AvgIpc) is 2.80. The van der Waals surface area contributed by atoms with Gasteiger partial charge in [0.2, 0.25) is 0 Å². The molecule has 9 heteroatoms. The van der Waals surface area contributed by atoms with E-state index in [0.717, 1.165) is 15.2 Å². The number of para-hydroxylation sites is 1. The van der Waals surface area contributed by atoms with E-state index in [1.165, 1.54) is 19.0 Å². The summed E-state index contributed by atoms with van der Waals surface area (Å²) in [5.41, 5.74) is -2.05. The number of likely N-dealkylation sites (tertiary alicyclic amines) is 1. The van der Waals surface area contributed by atoms with Crippen LogP contribution in [-0.4, -0.2) is 52.2 Å². The van der Waals surface area contributed by atoms with Crippen LogP contribution < -0.4 is 16.0 Å². The normalized spacial score (nSPS) is 18.3. The molecule has 0 N–H and O–H groups in total. The fourth-order valence-electron chi connectivity index (χ4n) is 4.04. The van der Waals surface area contributed by atoms with Crippen LogP contribution in [0.4, 0.5) is 0 Å². The number of hydrogen-bond donors (Lipinski definition) is 0. The Balaban J connectivity index is 1.83. The van der Waals surface area contributed by atoms with Crippen LogP contribution in [0.25, 0.3) is 0 Å². The van der Waals surface area contributed by atoms with Gasteiger partial charge in [0.05, 0.1) is 18.6 Å². The van der Waals surface area contributed by atoms with E-state index in [0.29, 0.717) is 31.6 Å². The fourth-order valence-corrected chi connectivity index (χ4v) is 4.04. The molecule has 0 spiro atoms. The minimum atomic E-state index is -0.919. The third-order valence-corrected chi connectivity index (χ3v) is 5.91. The van der Waals surface area contributed by atoms with Crippen molar-refractivity contribution in [2.24, 2.45) is 19.5 Å². The van der Waals surface area contributed by atoms with Crippen LogP contribution in [-0.2, 0) is 23.6 Å². The molecule has 0 radical (unpaired) electrons. The maximum atomic E-state index is 13.2. The number of hydrogen-bond acceptors (Lipinski definition) is 6. The number of carbonyl (C=O) groups is 2. The molecular weight excluding hydrogens is 414 g/mol. The van der Waals surface area contributed by atoms with Gasteiger partial charge in [0, 0.05) is 33.3 Å². The fraction of sp³-hybridized carbons (Fsp3) is 0.478. The lowest BCUT2D eigenvalue weighted by molar-refractivity contribution is -0.159. The number of rotatable bonds is 7. The Morgan fingerprint density at radius 1 is 1.09 bits per heavy atom. The standard InChI is InChI=1S/C23H29N3O6/c1-4-31-21(29)23(12-14-32-17-9-6-5-7-10-17)11-8-13-26(16-23)20(28)18-15-19(27)25(3)22(30)24(18)2/h5-7,9-10,15H,4,8,11-14,16H2,1-3H3/t23-/m0/s1. The van der Waals surface area contributed by atoms with Crippen molar-refractivity contribution in [1.82, 2.24) is 14.0 Å². The third kappa shape index (κ3) is 4.76. The van der Waals surface area contributed by atoms with E-state index in [9.17, 15) is 19.2 Å². The first kappa shape index (κ1) is 23.3. The minimum Gasteiger partial charge on any atom is -0.494 e. The number of carbonyl (C=O) groups excluding carboxylic acids is 2. The molecule has 1 aliphatic rings. The molecule has 32 heavy (non-hydrogen) atoms. The lowest BCUT2D eigenvalue weighted by Gasteiger charge is -2.41. The Morgan fingerprint density at radius 3 is 2.50 bits per heavy atom. The molecule has 9 nitrogen and oxygen atoms in total. The van der Waals surface area contributed by atoms with Gasteiger partial charge in [-0.25, -0.2) is 4.79 Å². The van der Waals surface area contributed by atoms with Crippen LogP contribution in [0, 0.1) is 5.41 Å². The number of benzene rings is 1. The molecule has 172 valence electrons. The SMILES string of the molecule is CCOC(=O)[C@]1(CCOc2ccccc2)CCCN(C(=O)c2cc(=O)n(C)c(=O)n2C)C1. The first-order valence-electron chi connectivity index (χ1n) is 10.7. The van der Waals surface area contributed by atoms with Crippen LogP contribution in [0.1, 0.15) is 36.7 Å². The zero-order valence-electron chi connectivity index (χ0n) is 18.7. The molecule has 1 atom stereocenters. The zero-order chi connectivity index (χ0) is 23.3. The van der Waals surface area contributed by atoms with Crippen LogP contribution in [0.5, 0.6) is 5.75 Å². The van der Waals surface area contributed by atoms with E-state index in [-0.39, 0.29) is 31.4 Å². The van der Waals surface area contributed by atoms with Gasteiger partial charge >= 0.3 is 11.7 Å². The number of esters is 1. The predicted molar refractivity (Wildman–Crippen MR) is 118 cm³/mol. The van der Waals surface area contributed by atoms with Crippen molar-refractivity contribution in [2.45, 2.75) is 26.2 Å². The number of ether oxygens (including phenoxy) is 2. The van der Waals surface area contributed by atoms with Crippen LogP contribution in [0.2, 0.25) is 0 Å². The molecule has 1 aliphatic heterocycles. The van der Waals surface area contributed by atoms with Crippen molar-refractivity contribution in [1.29, 1.82) is 0 Å². The topological polar surface area (TPSA) is 99.8 Å². The molecular formula is C23H29N3O6. The lowest BCUT2D eigenvalue weighted by atomic mass is 9.77. The summed E-state index contributed by atoms with van der Waals surface area (Å²) in [5, 5.41) is 0. The molecule has 2 heterocycles. The largest absolute Gasteiger partial charge is 0.494 e. The van der Waals surface area contributed by atoms with Gasteiger partial charge in [-0.15, -0.1) is 0 Å². The quantitative estimate of drug-likeness (QED) is 0.599.